The van der Waals surface area contributed by atoms with Gasteiger partial charge in [-0.1, -0.05) is 13.0 Å². The molecule has 2 nitrogen and oxygen atoms in total. The molecule has 0 spiro atoms. The Balaban J connectivity index is 1.76. The molecule has 1 heterocycles. The van der Waals surface area contributed by atoms with E-state index in [-0.39, 0.29) is 0 Å². The van der Waals surface area contributed by atoms with E-state index in [2.05, 4.69) is 29.4 Å². The fourth-order valence-corrected chi connectivity index (χ4v) is 2.61. The number of hydrogen-bond donors (Lipinski definition) is 1. The number of aromatic nitrogens is 1. The summed E-state index contributed by atoms with van der Waals surface area (Å²) in [5.74, 6) is 0.837. The molecule has 2 atom stereocenters. The number of hydrogen-bond acceptors (Lipinski definition) is 2. The first-order chi connectivity index (χ1) is 7.88. The van der Waals surface area contributed by atoms with Gasteiger partial charge in [0.2, 0.25) is 0 Å². The van der Waals surface area contributed by atoms with E-state index >= 15 is 0 Å². The molecule has 1 aromatic rings. The predicted molar refractivity (Wildman–Crippen MR) is 67.4 cm³/mol. The zero-order chi connectivity index (χ0) is 11.2. The van der Waals surface area contributed by atoms with E-state index in [0.717, 1.165) is 18.4 Å². The maximum Gasteiger partial charge on any atom is 0.0406 e. The Kier molecular flexibility index (Phi) is 4.34. The molecule has 0 bridgehead atoms. The van der Waals surface area contributed by atoms with Crippen LogP contribution in [0.3, 0.4) is 0 Å². The second-order valence-electron chi connectivity index (χ2n) is 4.86. The number of nitrogens with one attached hydrogen (secondary N) is 1. The molecule has 0 amide bonds. The Bertz CT molecular complexity index is 297. The molecule has 2 unspecified atom stereocenters. The van der Waals surface area contributed by atoms with Gasteiger partial charge < -0.3 is 5.32 Å². The molecular formula is C14H22N2. The van der Waals surface area contributed by atoms with Crippen LogP contribution in [0.2, 0.25) is 0 Å². The van der Waals surface area contributed by atoms with E-state index in [1.165, 1.54) is 37.9 Å². The maximum atomic E-state index is 4.41. The SMILES string of the molecule is CCCNC1CCC(Cc2ccccn2)C1. The number of nitrogens with zero attached hydrogens (tertiary/aromatic N) is 1. The molecule has 0 aromatic carbocycles. The molecule has 0 saturated heterocycles. The Labute approximate surface area is 98.5 Å². The van der Waals surface area contributed by atoms with Crippen molar-refractivity contribution in [3.8, 4) is 0 Å². The molecule has 1 saturated carbocycles. The lowest BCUT2D eigenvalue weighted by atomic mass is 10.0. The van der Waals surface area contributed by atoms with Crippen molar-refractivity contribution in [2.24, 2.45) is 5.92 Å². The van der Waals surface area contributed by atoms with Crippen molar-refractivity contribution in [1.29, 1.82) is 0 Å². The summed E-state index contributed by atoms with van der Waals surface area (Å²) in [6, 6.07) is 6.98. The van der Waals surface area contributed by atoms with Gasteiger partial charge in [-0.05, 0) is 56.7 Å². The van der Waals surface area contributed by atoms with Crippen LogP contribution in [0.25, 0.3) is 0 Å². The van der Waals surface area contributed by atoms with E-state index in [4.69, 9.17) is 0 Å². The lowest BCUT2D eigenvalue weighted by Crippen LogP contribution is -2.27. The summed E-state index contributed by atoms with van der Waals surface area (Å²) in [6.07, 6.45) is 8.33. The number of rotatable bonds is 5. The highest BCUT2D eigenvalue weighted by molar-refractivity contribution is 5.05. The van der Waals surface area contributed by atoms with Gasteiger partial charge >= 0.3 is 0 Å². The molecule has 2 heteroatoms. The highest BCUT2D eigenvalue weighted by Crippen LogP contribution is 2.28. The summed E-state index contributed by atoms with van der Waals surface area (Å²) in [6.45, 7) is 3.40. The summed E-state index contributed by atoms with van der Waals surface area (Å²) in [5.41, 5.74) is 1.25. The van der Waals surface area contributed by atoms with Crippen molar-refractivity contribution in [1.82, 2.24) is 10.3 Å². The molecule has 0 aliphatic heterocycles. The Hall–Kier alpha value is -0.890. The van der Waals surface area contributed by atoms with Gasteiger partial charge in [0.15, 0.2) is 0 Å². The standard InChI is InChI=1S/C14H22N2/c1-2-8-15-14-7-6-12(11-14)10-13-5-3-4-9-16-13/h3-5,9,12,14-15H,2,6-8,10-11H2,1H3. The smallest absolute Gasteiger partial charge is 0.0406 e. The third-order valence-corrected chi connectivity index (χ3v) is 3.45. The van der Waals surface area contributed by atoms with Crippen LogP contribution in [-0.4, -0.2) is 17.6 Å². The van der Waals surface area contributed by atoms with Crippen molar-refractivity contribution in [3.63, 3.8) is 0 Å². The molecule has 16 heavy (non-hydrogen) atoms. The van der Waals surface area contributed by atoms with Crippen LogP contribution >= 0.6 is 0 Å². The van der Waals surface area contributed by atoms with Gasteiger partial charge in [-0.3, -0.25) is 4.98 Å². The van der Waals surface area contributed by atoms with Crippen molar-refractivity contribution in [2.45, 2.75) is 45.1 Å². The second-order valence-corrected chi connectivity index (χ2v) is 4.86. The molecule has 88 valence electrons. The normalized spacial score (nSPS) is 24.8. The molecule has 1 aliphatic carbocycles. The molecule has 1 aromatic heterocycles. The van der Waals surface area contributed by atoms with Crippen LogP contribution in [0.15, 0.2) is 24.4 Å². The molecule has 0 radical (unpaired) electrons. The molecule has 1 fully saturated rings. The van der Waals surface area contributed by atoms with Crippen LogP contribution < -0.4 is 5.32 Å². The minimum atomic E-state index is 0.758. The van der Waals surface area contributed by atoms with E-state index in [1.54, 1.807) is 0 Å². The third-order valence-electron chi connectivity index (χ3n) is 3.45. The predicted octanol–water partition coefficient (Wildman–Crippen LogP) is 2.79. The monoisotopic (exact) mass is 218 g/mol. The topological polar surface area (TPSA) is 24.9 Å². The molecule has 2 rings (SSSR count). The van der Waals surface area contributed by atoms with Crippen LogP contribution in [0.5, 0.6) is 0 Å². The fraction of sp³-hybridized carbons (Fsp3) is 0.643. The first-order valence-electron chi connectivity index (χ1n) is 6.51. The number of pyridine rings is 1. The van der Waals surface area contributed by atoms with Gasteiger partial charge in [0, 0.05) is 17.9 Å². The van der Waals surface area contributed by atoms with Gasteiger partial charge in [-0.2, -0.15) is 0 Å². The van der Waals surface area contributed by atoms with E-state index in [0.29, 0.717) is 0 Å². The van der Waals surface area contributed by atoms with Crippen LogP contribution in [-0.2, 0) is 6.42 Å². The van der Waals surface area contributed by atoms with Gasteiger partial charge in [-0.25, -0.2) is 0 Å². The largest absolute Gasteiger partial charge is 0.314 e. The highest BCUT2D eigenvalue weighted by Gasteiger charge is 2.24. The summed E-state index contributed by atoms with van der Waals surface area (Å²) in [7, 11) is 0. The minimum absolute atomic E-state index is 0.758. The van der Waals surface area contributed by atoms with Crippen molar-refractivity contribution >= 4 is 0 Å². The Morgan fingerprint density at radius 3 is 3.06 bits per heavy atom. The molecule has 1 aliphatic rings. The summed E-state index contributed by atoms with van der Waals surface area (Å²) in [5, 5.41) is 3.63. The van der Waals surface area contributed by atoms with E-state index in [9.17, 15) is 0 Å². The van der Waals surface area contributed by atoms with Crippen LogP contribution in [0.1, 0.15) is 38.3 Å². The van der Waals surface area contributed by atoms with Gasteiger partial charge in [0.25, 0.3) is 0 Å². The van der Waals surface area contributed by atoms with Crippen molar-refractivity contribution in [2.75, 3.05) is 6.54 Å². The second kappa shape index (κ2) is 6.00. The lowest BCUT2D eigenvalue weighted by molar-refractivity contribution is 0.481. The van der Waals surface area contributed by atoms with E-state index in [1.807, 2.05) is 12.3 Å². The Morgan fingerprint density at radius 1 is 1.38 bits per heavy atom. The average molecular weight is 218 g/mol. The van der Waals surface area contributed by atoms with Crippen molar-refractivity contribution in [3.05, 3.63) is 30.1 Å². The minimum Gasteiger partial charge on any atom is -0.314 e. The van der Waals surface area contributed by atoms with Gasteiger partial charge in [0.1, 0.15) is 0 Å². The van der Waals surface area contributed by atoms with Crippen LogP contribution in [0, 0.1) is 5.92 Å². The first-order valence-corrected chi connectivity index (χ1v) is 6.51. The third kappa shape index (κ3) is 3.31. The van der Waals surface area contributed by atoms with E-state index < -0.39 is 0 Å². The molecule has 1 N–H and O–H groups in total. The summed E-state index contributed by atoms with van der Waals surface area (Å²) in [4.78, 5) is 4.41. The van der Waals surface area contributed by atoms with Crippen LogP contribution in [0.4, 0.5) is 0 Å². The first kappa shape index (κ1) is 11.6. The van der Waals surface area contributed by atoms with Gasteiger partial charge in [-0.15, -0.1) is 0 Å². The quantitative estimate of drug-likeness (QED) is 0.822. The Morgan fingerprint density at radius 2 is 2.31 bits per heavy atom. The maximum absolute atomic E-state index is 4.41. The zero-order valence-electron chi connectivity index (χ0n) is 10.2. The zero-order valence-corrected chi connectivity index (χ0v) is 10.2. The fourth-order valence-electron chi connectivity index (χ4n) is 2.61. The summed E-state index contributed by atoms with van der Waals surface area (Å²) < 4.78 is 0. The lowest BCUT2D eigenvalue weighted by Gasteiger charge is -2.12. The highest BCUT2D eigenvalue weighted by atomic mass is 14.9. The average Bonchev–Trinajstić information content (AvgIpc) is 2.75. The summed E-state index contributed by atoms with van der Waals surface area (Å²) >= 11 is 0. The van der Waals surface area contributed by atoms with Gasteiger partial charge in [0.05, 0.1) is 0 Å². The van der Waals surface area contributed by atoms with Crippen molar-refractivity contribution < 1.29 is 0 Å². The molecular weight excluding hydrogens is 196 g/mol.